The second kappa shape index (κ2) is 6.32. The van der Waals surface area contributed by atoms with E-state index < -0.39 is 0 Å². The van der Waals surface area contributed by atoms with E-state index in [1.807, 2.05) is 25.7 Å². The van der Waals surface area contributed by atoms with Gasteiger partial charge < -0.3 is 5.32 Å². The molecule has 0 saturated carbocycles. The first-order valence-electron chi connectivity index (χ1n) is 6.63. The third-order valence-corrected chi connectivity index (χ3v) is 5.30. The van der Waals surface area contributed by atoms with Gasteiger partial charge in [-0.1, -0.05) is 18.3 Å². The van der Waals surface area contributed by atoms with Crippen molar-refractivity contribution in [1.29, 1.82) is 0 Å². The van der Waals surface area contributed by atoms with E-state index in [1.54, 1.807) is 0 Å². The Bertz CT molecular complexity index is 590. The summed E-state index contributed by atoms with van der Waals surface area (Å²) < 4.78 is 7.15. The van der Waals surface area contributed by atoms with Crippen molar-refractivity contribution in [3.8, 4) is 0 Å². The van der Waals surface area contributed by atoms with E-state index >= 15 is 0 Å². The van der Waals surface area contributed by atoms with Crippen molar-refractivity contribution >= 4 is 27.5 Å². The summed E-state index contributed by atoms with van der Waals surface area (Å²) in [7, 11) is 3.96. The molecule has 1 unspecified atom stereocenters. The Hall–Kier alpha value is -0.790. The van der Waals surface area contributed by atoms with Crippen LogP contribution in [0.1, 0.15) is 47.8 Å². The van der Waals surface area contributed by atoms with Crippen LogP contribution in [0.25, 0.3) is 0 Å². The lowest BCUT2D eigenvalue weighted by atomic mass is 10.0. The molecule has 0 aliphatic rings. The first-order chi connectivity index (χ1) is 9.45. The van der Waals surface area contributed by atoms with Crippen LogP contribution in [0, 0.1) is 6.92 Å². The third-order valence-electron chi connectivity index (χ3n) is 3.41. The van der Waals surface area contributed by atoms with Crippen LogP contribution in [0.5, 0.6) is 0 Å². The van der Waals surface area contributed by atoms with Gasteiger partial charge in [-0.15, -0.1) is 5.10 Å². The third kappa shape index (κ3) is 2.94. The van der Waals surface area contributed by atoms with Gasteiger partial charge in [-0.25, -0.2) is 0 Å². The maximum atomic E-state index is 4.45. The zero-order chi connectivity index (χ0) is 14.9. The van der Waals surface area contributed by atoms with Crippen LogP contribution < -0.4 is 5.32 Å². The number of rotatable bonds is 5. The van der Waals surface area contributed by atoms with Gasteiger partial charge in [0.05, 0.1) is 32.5 Å². The Morgan fingerprint density at radius 2 is 2.10 bits per heavy atom. The predicted molar refractivity (Wildman–Crippen MR) is 85.1 cm³/mol. The molecule has 1 atom stereocenters. The minimum Gasteiger partial charge on any atom is -0.312 e. The van der Waals surface area contributed by atoms with Crippen LogP contribution in [-0.4, -0.2) is 26.4 Å². The molecule has 1 N–H and O–H groups in total. The summed E-state index contributed by atoms with van der Waals surface area (Å²) in [6.07, 6.45) is 0.859. The highest BCUT2D eigenvalue weighted by Crippen LogP contribution is 2.31. The van der Waals surface area contributed by atoms with Crippen molar-refractivity contribution in [1.82, 2.24) is 24.7 Å². The van der Waals surface area contributed by atoms with Gasteiger partial charge in [-0.05, 0) is 47.4 Å². The van der Waals surface area contributed by atoms with Crippen LogP contribution in [0.3, 0.4) is 0 Å². The fourth-order valence-electron chi connectivity index (χ4n) is 2.27. The number of aryl methyl sites for hydroxylation is 2. The molecule has 0 radical (unpaired) electrons. The lowest BCUT2D eigenvalue weighted by Crippen LogP contribution is -2.21. The van der Waals surface area contributed by atoms with E-state index in [1.165, 1.54) is 22.1 Å². The second-order valence-electron chi connectivity index (χ2n) is 5.19. The number of hydrogen-bond donors (Lipinski definition) is 1. The largest absolute Gasteiger partial charge is 0.312 e. The molecule has 0 amide bonds. The normalized spacial score (nSPS) is 13.2. The molecular formula is C13H20BrN5S. The highest BCUT2D eigenvalue weighted by molar-refractivity contribution is 9.10. The molecule has 0 aliphatic heterocycles. The Balaban J connectivity index is 2.31. The number of hydrogen-bond acceptors (Lipinski definition) is 5. The quantitative estimate of drug-likeness (QED) is 0.893. The number of nitrogens with one attached hydrogen (secondary N) is 1. The van der Waals surface area contributed by atoms with E-state index in [9.17, 15) is 0 Å². The zero-order valence-electron chi connectivity index (χ0n) is 12.4. The minimum atomic E-state index is 0.207. The molecule has 0 fully saturated rings. The molecule has 0 aliphatic carbocycles. The van der Waals surface area contributed by atoms with Crippen molar-refractivity contribution in [2.75, 3.05) is 7.05 Å². The van der Waals surface area contributed by atoms with Crippen molar-refractivity contribution < 1.29 is 0 Å². The first kappa shape index (κ1) is 15.6. The Labute approximate surface area is 132 Å². The maximum Gasteiger partial charge on any atom is 0.0829 e. The van der Waals surface area contributed by atoms with Gasteiger partial charge in [0.15, 0.2) is 0 Å². The van der Waals surface area contributed by atoms with Gasteiger partial charge in [0, 0.05) is 13.5 Å². The zero-order valence-corrected chi connectivity index (χ0v) is 14.8. The van der Waals surface area contributed by atoms with Crippen molar-refractivity contribution in [3.05, 3.63) is 26.4 Å². The van der Waals surface area contributed by atoms with Crippen LogP contribution >= 0.6 is 27.5 Å². The number of aromatic nitrogens is 4. The number of nitrogens with zero attached hydrogens (tertiary/aromatic N) is 4. The minimum absolute atomic E-state index is 0.207. The molecule has 0 bridgehead atoms. The molecule has 2 aromatic heterocycles. The molecule has 0 saturated heterocycles. The molecule has 0 aromatic carbocycles. The molecule has 2 heterocycles. The van der Waals surface area contributed by atoms with Crippen molar-refractivity contribution in [3.63, 3.8) is 0 Å². The summed E-state index contributed by atoms with van der Waals surface area (Å²) in [4.78, 5) is 1.22. The van der Waals surface area contributed by atoms with Gasteiger partial charge in [0.2, 0.25) is 0 Å². The standard InChI is InChI=1S/C13H20BrN5S/c1-7(2)12-13(20-18-16-12)9(15-4)6-10-11(14)8(3)17-19(10)5/h7,9,15H,6H2,1-5H3. The van der Waals surface area contributed by atoms with Crippen LogP contribution in [0.15, 0.2) is 4.47 Å². The summed E-state index contributed by atoms with van der Waals surface area (Å²) in [5.41, 5.74) is 3.29. The van der Waals surface area contributed by atoms with E-state index in [2.05, 4.69) is 49.8 Å². The molecule has 20 heavy (non-hydrogen) atoms. The fourth-order valence-corrected chi connectivity index (χ4v) is 3.68. The van der Waals surface area contributed by atoms with E-state index in [0.29, 0.717) is 5.92 Å². The Morgan fingerprint density at radius 1 is 1.40 bits per heavy atom. The summed E-state index contributed by atoms with van der Waals surface area (Å²) in [6, 6.07) is 0.207. The molecule has 2 aromatic rings. The highest BCUT2D eigenvalue weighted by Gasteiger charge is 2.23. The van der Waals surface area contributed by atoms with Crippen LogP contribution in [0.4, 0.5) is 0 Å². The van der Waals surface area contributed by atoms with E-state index in [0.717, 1.165) is 22.3 Å². The molecule has 2 rings (SSSR count). The SMILES string of the molecule is CNC(Cc1c(Br)c(C)nn1C)c1snnc1C(C)C. The van der Waals surface area contributed by atoms with Gasteiger partial charge in [0.1, 0.15) is 0 Å². The number of halogens is 1. The molecule has 7 heteroatoms. The first-order valence-corrected chi connectivity index (χ1v) is 8.19. The van der Waals surface area contributed by atoms with Crippen LogP contribution in [-0.2, 0) is 13.5 Å². The second-order valence-corrected chi connectivity index (χ2v) is 6.77. The monoisotopic (exact) mass is 357 g/mol. The summed E-state index contributed by atoms with van der Waals surface area (Å²) in [5.74, 6) is 0.385. The van der Waals surface area contributed by atoms with Gasteiger partial charge in [0.25, 0.3) is 0 Å². The highest BCUT2D eigenvalue weighted by atomic mass is 79.9. The summed E-state index contributed by atoms with van der Waals surface area (Å²) >= 11 is 5.11. The molecule has 5 nitrogen and oxygen atoms in total. The average molecular weight is 358 g/mol. The van der Waals surface area contributed by atoms with E-state index in [4.69, 9.17) is 0 Å². The van der Waals surface area contributed by atoms with Crippen molar-refractivity contribution in [2.24, 2.45) is 7.05 Å². The molecular weight excluding hydrogens is 338 g/mol. The Kier molecular flexibility index (Phi) is 4.93. The van der Waals surface area contributed by atoms with Gasteiger partial charge in [-0.2, -0.15) is 5.10 Å². The summed E-state index contributed by atoms with van der Waals surface area (Å²) in [6.45, 7) is 6.31. The predicted octanol–water partition coefficient (Wildman–Crippen LogP) is 2.97. The van der Waals surface area contributed by atoms with E-state index in [-0.39, 0.29) is 6.04 Å². The van der Waals surface area contributed by atoms with Gasteiger partial charge >= 0.3 is 0 Å². The summed E-state index contributed by atoms with van der Waals surface area (Å²) in [5, 5.41) is 12.1. The smallest absolute Gasteiger partial charge is 0.0829 e. The maximum absolute atomic E-state index is 4.45. The average Bonchev–Trinajstić information content (AvgIpc) is 2.95. The molecule has 110 valence electrons. The van der Waals surface area contributed by atoms with Crippen LogP contribution in [0.2, 0.25) is 0 Å². The molecule has 0 spiro atoms. The number of likely N-dealkylation sites (N-methyl/N-ethyl adjacent to an activating group) is 1. The topological polar surface area (TPSA) is 55.6 Å². The Morgan fingerprint density at radius 3 is 2.60 bits per heavy atom. The van der Waals surface area contributed by atoms with Crippen molar-refractivity contribution in [2.45, 2.75) is 39.2 Å². The fraction of sp³-hybridized carbons (Fsp3) is 0.615. The lowest BCUT2D eigenvalue weighted by Gasteiger charge is -2.17. The van der Waals surface area contributed by atoms with Gasteiger partial charge in [-0.3, -0.25) is 4.68 Å². The lowest BCUT2D eigenvalue weighted by molar-refractivity contribution is 0.559.